The molecule has 0 amide bonds. The highest BCUT2D eigenvalue weighted by Gasteiger charge is 1.97. The zero-order valence-corrected chi connectivity index (χ0v) is 11.1. The Morgan fingerprint density at radius 1 is 1.46 bits per heavy atom. The van der Waals surface area contributed by atoms with E-state index in [1.54, 1.807) is 0 Å². The molecule has 0 aliphatic rings. The predicted octanol–water partition coefficient (Wildman–Crippen LogP) is 2.52. The molecule has 0 aliphatic carbocycles. The molecule has 0 saturated carbocycles. The van der Waals surface area contributed by atoms with E-state index in [4.69, 9.17) is 5.41 Å². The van der Waals surface area contributed by atoms with Crippen LogP contribution >= 0.6 is 22.6 Å². The van der Waals surface area contributed by atoms with Crippen LogP contribution in [0.3, 0.4) is 0 Å². The summed E-state index contributed by atoms with van der Waals surface area (Å²) < 4.78 is 0. The minimum Gasteiger partial charge on any atom is -0.309 e. The van der Waals surface area contributed by atoms with Gasteiger partial charge in [-0.05, 0) is 45.3 Å². The lowest BCUT2D eigenvalue weighted by Gasteiger charge is -2.09. The third-order valence-electron chi connectivity index (χ3n) is 1.51. The van der Waals surface area contributed by atoms with Crippen molar-refractivity contribution in [3.05, 3.63) is 0 Å². The van der Waals surface area contributed by atoms with Gasteiger partial charge in [0.2, 0.25) is 0 Å². The highest BCUT2D eigenvalue weighted by molar-refractivity contribution is 14.1. The highest BCUT2D eigenvalue weighted by Crippen LogP contribution is 1.99. The molecule has 0 spiro atoms. The fourth-order valence-electron chi connectivity index (χ4n) is 0.878. The molecule has 0 aliphatic heterocycles. The summed E-state index contributed by atoms with van der Waals surface area (Å²) in [5.41, 5.74) is 0. The van der Waals surface area contributed by atoms with Crippen molar-refractivity contribution >= 4 is 28.6 Å². The van der Waals surface area contributed by atoms with Crippen LogP contribution in [0.2, 0.25) is 0 Å². The molecular formula is C9H20IN3. The summed E-state index contributed by atoms with van der Waals surface area (Å²) in [5.74, 6) is 0. The summed E-state index contributed by atoms with van der Waals surface area (Å²) in [4.78, 5) is 7.94. The molecule has 4 heteroatoms. The molecule has 0 aromatic rings. The molecule has 0 bridgehead atoms. The van der Waals surface area contributed by atoms with Gasteiger partial charge in [-0.1, -0.05) is 22.6 Å². The molecule has 0 radical (unpaired) electrons. The summed E-state index contributed by atoms with van der Waals surface area (Å²) >= 11 is 2.15. The molecule has 0 rings (SSSR count). The molecule has 3 nitrogen and oxygen atoms in total. The highest BCUT2D eigenvalue weighted by atomic mass is 127. The van der Waals surface area contributed by atoms with Gasteiger partial charge in [0.05, 0.1) is 12.1 Å². The average molecular weight is 297 g/mol. The lowest BCUT2D eigenvalue weighted by molar-refractivity contribution is 0.388. The van der Waals surface area contributed by atoms with Gasteiger partial charge in [0.25, 0.3) is 0 Å². The van der Waals surface area contributed by atoms with E-state index < -0.39 is 0 Å². The first-order valence-corrected chi connectivity index (χ1v) is 6.46. The third-order valence-corrected chi connectivity index (χ3v) is 1.51. The Labute approximate surface area is 95.3 Å². The standard InChI is InChI=1S/C8H17N3.CH3I/c1-8(10-7-9)5-4-6-11(2)3;1-2/h8-9H,4-6H2,1-3H3;1H3. The minimum atomic E-state index is 0.257. The van der Waals surface area contributed by atoms with Gasteiger partial charge < -0.3 is 4.90 Å². The van der Waals surface area contributed by atoms with Crippen LogP contribution in [0.15, 0.2) is 4.99 Å². The molecule has 13 heavy (non-hydrogen) atoms. The normalized spacial score (nSPS) is 11.2. The van der Waals surface area contributed by atoms with E-state index in [2.05, 4.69) is 52.6 Å². The lowest BCUT2D eigenvalue weighted by Crippen LogP contribution is -2.14. The van der Waals surface area contributed by atoms with Crippen molar-refractivity contribution in [1.82, 2.24) is 4.90 Å². The molecular weight excluding hydrogens is 277 g/mol. The third kappa shape index (κ3) is 14.9. The molecule has 78 valence electrons. The second kappa shape index (κ2) is 12.1. The number of halogens is 1. The van der Waals surface area contributed by atoms with Crippen LogP contribution < -0.4 is 0 Å². The molecule has 0 fully saturated rings. The van der Waals surface area contributed by atoms with E-state index in [1.807, 2.05) is 11.9 Å². The maximum absolute atomic E-state index is 6.63. The molecule has 1 unspecified atom stereocenters. The molecule has 0 heterocycles. The minimum absolute atomic E-state index is 0.257. The van der Waals surface area contributed by atoms with Gasteiger partial charge in [-0.3, -0.25) is 0 Å². The first-order valence-electron chi connectivity index (χ1n) is 4.31. The number of aliphatic imine (C=N–C) groups is 1. The Hall–Kier alpha value is 0.0700. The number of rotatable bonds is 5. The maximum Gasteiger partial charge on any atom is 0.0864 e. The Morgan fingerprint density at radius 2 is 2.00 bits per heavy atom. The van der Waals surface area contributed by atoms with E-state index in [-0.39, 0.29) is 6.04 Å². The largest absolute Gasteiger partial charge is 0.309 e. The summed E-state index contributed by atoms with van der Waals surface area (Å²) in [6, 6.07) is 2.32. The van der Waals surface area contributed by atoms with Crippen LogP contribution in [-0.2, 0) is 0 Å². The van der Waals surface area contributed by atoms with Crippen LogP contribution in [0.25, 0.3) is 0 Å². The maximum atomic E-state index is 6.63. The molecule has 0 aromatic heterocycles. The van der Waals surface area contributed by atoms with E-state index in [0.717, 1.165) is 19.4 Å². The summed E-state index contributed by atoms with van der Waals surface area (Å²) in [5, 5.41) is 6.63. The molecule has 0 aromatic carbocycles. The van der Waals surface area contributed by atoms with E-state index >= 15 is 0 Å². The van der Waals surface area contributed by atoms with Gasteiger partial charge in [-0.2, -0.15) is 0 Å². The predicted molar refractivity (Wildman–Crippen MR) is 67.3 cm³/mol. The number of alkyl halides is 1. The van der Waals surface area contributed by atoms with Crippen molar-refractivity contribution in [3.8, 4) is 0 Å². The SMILES string of the molecule is CC(CCCN(C)C)N=C=N.CI. The lowest BCUT2D eigenvalue weighted by atomic mass is 10.2. The summed E-state index contributed by atoms with van der Waals surface area (Å²) in [6.45, 7) is 3.11. The van der Waals surface area contributed by atoms with Gasteiger partial charge in [-0.25, -0.2) is 10.4 Å². The van der Waals surface area contributed by atoms with E-state index in [9.17, 15) is 0 Å². The fourth-order valence-corrected chi connectivity index (χ4v) is 0.878. The first-order chi connectivity index (χ1) is 6.16. The Bertz CT molecular complexity index is 142. The quantitative estimate of drug-likeness (QED) is 0.473. The Balaban J connectivity index is 0. The Morgan fingerprint density at radius 3 is 2.38 bits per heavy atom. The monoisotopic (exact) mass is 297 g/mol. The number of nitrogens with zero attached hydrogens (tertiary/aromatic N) is 2. The van der Waals surface area contributed by atoms with Gasteiger partial charge in [0, 0.05) is 0 Å². The van der Waals surface area contributed by atoms with Crippen molar-refractivity contribution in [1.29, 1.82) is 5.41 Å². The van der Waals surface area contributed by atoms with Crippen molar-refractivity contribution in [2.24, 2.45) is 4.99 Å². The summed E-state index contributed by atoms with van der Waals surface area (Å²) in [7, 11) is 4.12. The zero-order valence-electron chi connectivity index (χ0n) is 8.97. The number of hydrogen-bond donors (Lipinski definition) is 1. The van der Waals surface area contributed by atoms with E-state index in [1.165, 1.54) is 0 Å². The van der Waals surface area contributed by atoms with Crippen LogP contribution in [0, 0.1) is 5.41 Å². The smallest absolute Gasteiger partial charge is 0.0864 e. The topological polar surface area (TPSA) is 39.5 Å². The van der Waals surface area contributed by atoms with Crippen molar-refractivity contribution in [2.45, 2.75) is 25.8 Å². The Kier molecular flexibility index (Phi) is 14.4. The van der Waals surface area contributed by atoms with Crippen LogP contribution in [0.4, 0.5) is 0 Å². The van der Waals surface area contributed by atoms with Gasteiger partial charge >= 0.3 is 0 Å². The number of hydrogen-bond acceptors (Lipinski definition) is 3. The van der Waals surface area contributed by atoms with Crippen molar-refractivity contribution in [3.63, 3.8) is 0 Å². The second-order valence-electron chi connectivity index (χ2n) is 3.04. The van der Waals surface area contributed by atoms with Crippen molar-refractivity contribution in [2.75, 3.05) is 25.6 Å². The first kappa shape index (κ1) is 15.5. The molecule has 1 N–H and O–H groups in total. The zero-order chi connectivity index (χ0) is 10.7. The van der Waals surface area contributed by atoms with Crippen LogP contribution in [-0.4, -0.2) is 42.5 Å². The van der Waals surface area contributed by atoms with Crippen LogP contribution in [0.1, 0.15) is 19.8 Å². The molecule has 1 atom stereocenters. The second-order valence-corrected chi connectivity index (χ2v) is 3.04. The van der Waals surface area contributed by atoms with E-state index in [0.29, 0.717) is 0 Å². The fraction of sp³-hybridized carbons (Fsp3) is 0.889. The van der Waals surface area contributed by atoms with Crippen molar-refractivity contribution < 1.29 is 0 Å². The van der Waals surface area contributed by atoms with Crippen LogP contribution in [0.5, 0.6) is 0 Å². The van der Waals surface area contributed by atoms with Gasteiger partial charge in [0.15, 0.2) is 0 Å². The van der Waals surface area contributed by atoms with Gasteiger partial charge in [0.1, 0.15) is 0 Å². The average Bonchev–Trinajstić information content (AvgIpc) is 2.08. The van der Waals surface area contributed by atoms with Gasteiger partial charge in [-0.15, -0.1) is 0 Å². The number of nitrogens with one attached hydrogen (secondary N) is 1. The summed E-state index contributed by atoms with van der Waals surface area (Å²) in [6.07, 6.45) is 2.18. The molecule has 0 saturated heterocycles.